The molecule has 97 heavy (non-hydrogen) atoms. The minimum atomic E-state index is -2.34. The lowest BCUT2D eigenvalue weighted by Gasteiger charge is -2.50. The average Bonchev–Trinajstić information content (AvgIpc) is 0.787. The van der Waals surface area contributed by atoms with E-state index in [9.17, 15) is 128 Å². The second-order valence-corrected chi connectivity index (χ2v) is 24.5. The molecule has 24 N–H and O–H groups in total. The molecule has 22 aliphatic rings. The van der Waals surface area contributed by atoms with E-state index in [-0.39, 0.29) is 11.4 Å². The maximum absolute atomic E-state index is 12.0. The summed E-state index contributed by atoms with van der Waals surface area (Å²) in [6.45, 7) is -7.80. The van der Waals surface area contributed by atoms with Gasteiger partial charge in [0.05, 0.1) is 44.6 Å². The number of nitro groups is 1. The normalized spacial score (nSPS) is 51.1. The zero-order valence-electron chi connectivity index (χ0n) is 50.6. The van der Waals surface area contributed by atoms with Gasteiger partial charge < -0.3 is 199 Å². The summed E-state index contributed by atoms with van der Waals surface area (Å²) >= 11 is 0. The Balaban J connectivity index is 0.932. The third kappa shape index (κ3) is 15.7. The van der Waals surface area contributed by atoms with Crippen molar-refractivity contribution in [3.05, 3.63) is 34.4 Å². The number of hydrogen-bond acceptors (Lipinski definition) is 42. The molecule has 0 unspecified atom stereocenters. The number of non-ortho nitro benzene ring substituents is 1. The third-order valence-electron chi connectivity index (χ3n) is 18.3. The van der Waals surface area contributed by atoms with Gasteiger partial charge in [-0.3, -0.25) is 10.1 Å². The molecule has 0 saturated carbocycles. The van der Waals surface area contributed by atoms with Crippen LogP contribution in [0.2, 0.25) is 0 Å². The van der Waals surface area contributed by atoms with Crippen molar-refractivity contribution in [2.45, 2.75) is 246 Å². The summed E-state index contributed by atoms with van der Waals surface area (Å²) in [4.78, 5) is 10.5. The number of nitrogens with zero attached hydrogens (tertiary/aromatic N) is 1. The summed E-state index contributed by atoms with van der Waals surface area (Å²) in [5, 5.41) is 272. The Morgan fingerprint density at radius 2 is 0.536 bits per heavy atom. The molecule has 0 spiro atoms. The van der Waals surface area contributed by atoms with Crippen molar-refractivity contribution in [2.24, 2.45) is 0 Å². The van der Waals surface area contributed by atoms with Crippen LogP contribution in [0.3, 0.4) is 0 Å². The van der Waals surface area contributed by atoms with Crippen LogP contribution in [0.1, 0.15) is 0 Å². The van der Waals surface area contributed by atoms with E-state index in [0.717, 1.165) is 24.3 Å². The Morgan fingerprint density at radius 3 is 0.784 bits per heavy atom. The van der Waals surface area contributed by atoms with Crippen molar-refractivity contribution >= 4 is 5.69 Å². The molecule has 23 rings (SSSR count). The van der Waals surface area contributed by atoms with Crippen molar-refractivity contribution in [3.63, 3.8) is 0 Å². The molecule has 1 aromatic carbocycles. The van der Waals surface area contributed by atoms with E-state index in [0.29, 0.717) is 0 Å². The Morgan fingerprint density at radius 1 is 0.299 bits per heavy atom. The van der Waals surface area contributed by atoms with Crippen LogP contribution in [0.25, 0.3) is 0 Å². The first-order chi connectivity index (χ1) is 46.2. The molecular formula is C54H84N2O41. The third-order valence-corrected chi connectivity index (χ3v) is 18.3. The van der Waals surface area contributed by atoms with Crippen LogP contribution < -0.4 is 10.1 Å². The SMILES string of the molecule is O=[N+]([O-])c1ccc(O[C@@H]2O[C@H](CNC[C@@H]3O[C@@H]4O[C@H]5[C@@H](O)[C@H](O)[C@@H](O[C@H]6[C@H](O)[C@H](O)[C@@H](O[C@H]7[C@H](O)[C@@H](O)[C@@H](O[C@H]8[C@H](O)[C@@H](O)[C@@H](O[C@H]9[C@H](O)[C@@H](O)[C@@H](O[C@H]%10[C@H](O)[C@@H](O)[C@@H](O[C@H]3[C@H](O)[C@H]4O)O[C@H]%10CO)O[C@H]9CO)O[C@H]8CO)O[C@@H]7CO)O[C@@H]6CO)O[C@@H]5CO)[C@H](O)[C@H](O)[C@H]2O)cc1. The monoisotopic (exact) mass is 1420 g/mol. The molecule has 43 nitrogen and oxygen atoms in total. The maximum atomic E-state index is 12.0. The molecule has 1 aromatic rings. The zero-order valence-corrected chi connectivity index (χ0v) is 50.6. The van der Waals surface area contributed by atoms with Crippen LogP contribution >= 0.6 is 0 Å². The molecule has 0 radical (unpaired) electrons. The fourth-order valence-electron chi connectivity index (χ4n) is 12.8. The van der Waals surface area contributed by atoms with Crippen LogP contribution in [-0.2, 0) is 71.1 Å². The lowest BCUT2D eigenvalue weighted by atomic mass is 9.95. The van der Waals surface area contributed by atoms with Crippen molar-refractivity contribution in [3.8, 4) is 5.75 Å². The van der Waals surface area contributed by atoms with Gasteiger partial charge in [-0.05, 0) is 12.1 Å². The number of hydrogen-bond donors (Lipinski definition) is 24. The van der Waals surface area contributed by atoms with E-state index in [1.165, 1.54) is 0 Å². The van der Waals surface area contributed by atoms with Gasteiger partial charge in [-0.1, -0.05) is 0 Å². The fourth-order valence-corrected chi connectivity index (χ4v) is 12.8. The maximum Gasteiger partial charge on any atom is 0.269 e. The Bertz CT molecular complexity index is 2620. The summed E-state index contributed by atoms with van der Waals surface area (Å²) in [7, 11) is 0. The summed E-state index contributed by atoms with van der Waals surface area (Å²) in [5.41, 5.74) is -0.324. The van der Waals surface area contributed by atoms with E-state index in [2.05, 4.69) is 5.32 Å². The van der Waals surface area contributed by atoms with Crippen molar-refractivity contribution in [1.29, 1.82) is 0 Å². The van der Waals surface area contributed by atoms with Gasteiger partial charge >= 0.3 is 0 Å². The van der Waals surface area contributed by atoms with E-state index < -0.39 is 303 Å². The zero-order chi connectivity index (χ0) is 70.3. The predicted octanol–water partition coefficient (Wildman–Crippen LogP) is -15.8. The molecule has 40 atom stereocenters. The Labute approximate surface area is 546 Å². The minimum Gasteiger partial charge on any atom is -0.462 e. The van der Waals surface area contributed by atoms with Gasteiger partial charge in [-0.25, -0.2) is 0 Å². The lowest BCUT2D eigenvalue weighted by Crippen LogP contribution is -2.68. The van der Waals surface area contributed by atoms with Crippen molar-refractivity contribution in [1.82, 2.24) is 5.32 Å². The number of aliphatic hydroxyl groups is 23. The van der Waals surface area contributed by atoms with E-state index in [4.69, 9.17) is 75.8 Å². The second kappa shape index (κ2) is 32.7. The van der Waals surface area contributed by atoms with Gasteiger partial charge in [-0.15, -0.1) is 0 Å². The largest absolute Gasteiger partial charge is 0.462 e. The molecule has 22 fully saturated rings. The predicted molar refractivity (Wildman–Crippen MR) is 295 cm³/mol. The molecule has 43 heteroatoms. The number of ether oxygens (including phenoxy) is 16. The Hall–Kier alpha value is -3.14. The molecule has 0 amide bonds. The number of rotatable bonds is 13. The molecule has 22 saturated heterocycles. The van der Waals surface area contributed by atoms with Crippen LogP contribution in [0, 0.1) is 10.1 Å². The summed E-state index contributed by atoms with van der Waals surface area (Å²) < 4.78 is 92.7. The molecule has 0 aromatic heterocycles. The Kier molecular flexibility index (Phi) is 25.8. The van der Waals surface area contributed by atoms with E-state index >= 15 is 0 Å². The van der Waals surface area contributed by atoms with Crippen LogP contribution in [0.15, 0.2) is 24.3 Å². The van der Waals surface area contributed by atoms with Gasteiger partial charge in [0.15, 0.2) is 44.0 Å². The molecule has 14 bridgehead atoms. The highest BCUT2D eigenvalue weighted by atomic mass is 16.8. The van der Waals surface area contributed by atoms with Gasteiger partial charge in [-0.2, -0.15) is 0 Å². The molecule has 22 aliphatic heterocycles. The average molecular weight is 1420 g/mol. The van der Waals surface area contributed by atoms with Gasteiger partial charge in [0.1, 0.15) is 201 Å². The second-order valence-electron chi connectivity index (χ2n) is 24.5. The highest BCUT2D eigenvalue weighted by molar-refractivity contribution is 5.36. The number of benzene rings is 1. The van der Waals surface area contributed by atoms with Crippen LogP contribution in [0.4, 0.5) is 5.69 Å². The van der Waals surface area contributed by atoms with Gasteiger partial charge in [0.2, 0.25) is 6.29 Å². The van der Waals surface area contributed by atoms with E-state index in [1.807, 2.05) is 0 Å². The van der Waals surface area contributed by atoms with Crippen LogP contribution in [0.5, 0.6) is 5.75 Å². The topological polar surface area (TPSA) is 668 Å². The quantitative estimate of drug-likeness (QED) is 0.0644. The number of nitrogens with one attached hydrogen (secondary N) is 1. The standard InChI is InChI=1S/C54H84N2O41/c57-7-17-41-27(67)35(75)50(86-17)94-43-19(9-59)88-52(37(77)29(43)69)96-45-21(11-61)90-54(39(79)31(45)71)97-46-22(12-62)89-53(38(78)30(46)70)95-44-20(10-60)87-51(36(76)28(44)68)93-42-18(8-58)85-49(34(74)26(42)66)91-40-16(84-48(92-41)33(73)25(40)65)6-55-5-15-23(63)24(64)32(72)47(83-15)82-14-3-1-13(2-4-14)56(80)81/h1-4,15-55,57-79H,5-12H2/t15-,16+,17-,18+,19-,20+,21-,22+,23+,24+,25-,26-,27+,28-,29-,30-,31-,32-,33-,34-,35+,36-,37+,38-,39-,40-,41-,42-,43-,44-,45-,46-,47-,48-,49-,50-,51-,52-,53-,54-/m1/s1. The first kappa shape index (κ1) is 76.5. The van der Waals surface area contributed by atoms with Crippen molar-refractivity contribution in [2.75, 3.05) is 52.7 Å². The van der Waals surface area contributed by atoms with Crippen LogP contribution in [-0.4, -0.2) is 421 Å². The summed E-state index contributed by atoms with van der Waals surface area (Å²) in [6, 6.07) is 4.46. The molecule has 0 aliphatic carbocycles. The summed E-state index contributed by atoms with van der Waals surface area (Å²) in [5.74, 6) is -0.0811. The fraction of sp³-hybridized carbons (Fsp3) is 0.889. The highest BCUT2D eigenvalue weighted by Crippen LogP contribution is 2.40. The van der Waals surface area contributed by atoms with Gasteiger partial charge in [0, 0.05) is 25.2 Å². The van der Waals surface area contributed by atoms with Crippen molar-refractivity contribution < 1.29 is 198 Å². The molecular weight excluding hydrogens is 1330 g/mol. The molecule has 556 valence electrons. The number of nitro benzene ring substituents is 1. The first-order valence-corrected chi connectivity index (χ1v) is 30.8. The van der Waals surface area contributed by atoms with E-state index in [1.54, 1.807) is 0 Å². The molecule has 22 heterocycles. The smallest absolute Gasteiger partial charge is 0.269 e. The minimum absolute atomic E-state index is 0.0811. The lowest BCUT2D eigenvalue weighted by molar-refractivity contribution is -0.396. The van der Waals surface area contributed by atoms with Gasteiger partial charge in [0.25, 0.3) is 5.69 Å². The number of aliphatic hydroxyl groups excluding tert-OH is 23. The first-order valence-electron chi connectivity index (χ1n) is 30.8. The highest BCUT2D eigenvalue weighted by Gasteiger charge is 2.60. The summed E-state index contributed by atoms with van der Waals surface area (Å²) in [6.07, 6.45) is -82.0.